The first-order chi connectivity index (χ1) is 8.08. The van der Waals surface area contributed by atoms with E-state index in [1.54, 1.807) is 12.1 Å². The fraction of sp³-hybridized carbons (Fsp3) is 0.250. The Kier molecular flexibility index (Phi) is 4.84. The van der Waals surface area contributed by atoms with E-state index in [4.69, 9.17) is 21.1 Å². The summed E-state index contributed by atoms with van der Waals surface area (Å²) in [5, 5.41) is 10.7. The van der Waals surface area contributed by atoms with Crippen LogP contribution in [0.3, 0.4) is 0 Å². The Morgan fingerprint density at radius 3 is 2.76 bits per heavy atom. The SMILES string of the molecule is CCOc1c(Cl)cc(/C=C/C(=O)[O-])cc1OC. The van der Waals surface area contributed by atoms with Crippen LogP contribution in [0.2, 0.25) is 5.02 Å². The quantitative estimate of drug-likeness (QED) is 0.749. The minimum Gasteiger partial charge on any atom is -0.545 e. The molecule has 0 amide bonds. The van der Waals surface area contributed by atoms with Crippen molar-refractivity contribution in [2.75, 3.05) is 13.7 Å². The summed E-state index contributed by atoms with van der Waals surface area (Å²) in [6.45, 7) is 2.30. The van der Waals surface area contributed by atoms with E-state index in [1.807, 2.05) is 6.92 Å². The molecule has 0 N–H and O–H groups in total. The molecular weight excluding hydrogens is 244 g/mol. The highest BCUT2D eigenvalue weighted by Gasteiger charge is 2.10. The van der Waals surface area contributed by atoms with Crippen molar-refractivity contribution < 1.29 is 19.4 Å². The molecule has 0 spiro atoms. The van der Waals surface area contributed by atoms with Gasteiger partial charge in [-0.05, 0) is 30.7 Å². The molecule has 0 aromatic heterocycles. The van der Waals surface area contributed by atoms with Crippen LogP contribution >= 0.6 is 11.6 Å². The summed E-state index contributed by atoms with van der Waals surface area (Å²) in [5.74, 6) is -0.367. The molecule has 0 aliphatic rings. The van der Waals surface area contributed by atoms with Crippen molar-refractivity contribution in [1.29, 1.82) is 0 Å². The van der Waals surface area contributed by atoms with Crippen molar-refractivity contribution in [3.63, 3.8) is 0 Å². The van der Waals surface area contributed by atoms with Gasteiger partial charge in [0.2, 0.25) is 0 Å². The lowest BCUT2D eigenvalue weighted by Gasteiger charge is -2.11. The lowest BCUT2D eigenvalue weighted by Crippen LogP contribution is -2.18. The largest absolute Gasteiger partial charge is 0.545 e. The number of aliphatic carboxylic acids is 1. The smallest absolute Gasteiger partial charge is 0.179 e. The van der Waals surface area contributed by atoms with E-state index in [2.05, 4.69) is 0 Å². The molecule has 0 aliphatic heterocycles. The van der Waals surface area contributed by atoms with Crippen molar-refractivity contribution in [2.45, 2.75) is 6.92 Å². The number of hydrogen-bond donors (Lipinski definition) is 0. The summed E-state index contributed by atoms with van der Waals surface area (Å²) in [7, 11) is 1.49. The van der Waals surface area contributed by atoms with E-state index in [0.717, 1.165) is 6.08 Å². The van der Waals surface area contributed by atoms with Crippen LogP contribution in [0.1, 0.15) is 12.5 Å². The van der Waals surface area contributed by atoms with Crippen molar-refractivity contribution in [1.82, 2.24) is 0 Å². The number of hydrogen-bond acceptors (Lipinski definition) is 4. The number of carbonyl (C=O) groups is 1. The molecule has 0 unspecified atom stereocenters. The molecule has 4 nitrogen and oxygen atoms in total. The Morgan fingerprint density at radius 2 is 2.24 bits per heavy atom. The molecule has 0 bridgehead atoms. The third kappa shape index (κ3) is 3.67. The van der Waals surface area contributed by atoms with Gasteiger partial charge in [-0.25, -0.2) is 0 Å². The van der Waals surface area contributed by atoms with E-state index < -0.39 is 5.97 Å². The first-order valence-corrected chi connectivity index (χ1v) is 5.35. The van der Waals surface area contributed by atoms with Gasteiger partial charge in [0.1, 0.15) is 0 Å². The van der Waals surface area contributed by atoms with E-state index >= 15 is 0 Å². The molecule has 0 saturated carbocycles. The van der Waals surface area contributed by atoms with Gasteiger partial charge in [-0.15, -0.1) is 0 Å². The molecule has 1 aromatic carbocycles. The van der Waals surface area contributed by atoms with Crippen LogP contribution in [0.5, 0.6) is 11.5 Å². The summed E-state index contributed by atoms with van der Waals surface area (Å²) >= 11 is 6.01. The molecule has 1 rings (SSSR count). The van der Waals surface area contributed by atoms with Gasteiger partial charge in [0, 0.05) is 0 Å². The summed E-state index contributed by atoms with van der Waals surface area (Å²) in [6, 6.07) is 3.23. The van der Waals surface area contributed by atoms with Gasteiger partial charge < -0.3 is 19.4 Å². The lowest BCUT2D eigenvalue weighted by atomic mass is 10.2. The average molecular weight is 256 g/mol. The third-order valence-electron chi connectivity index (χ3n) is 1.95. The number of carboxylic acids is 1. The topological polar surface area (TPSA) is 58.6 Å². The zero-order valence-corrected chi connectivity index (χ0v) is 10.3. The van der Waals surface area contributed by atoms with Crippen molar-refractivity contribution in [2.24, 2.45) is 0 Å². The molecule has 0 atom stereocenters. The van der Waals surface area contributed by atoms with Crippen molar-refractivity contribution >= 4 is 23.6 Å². The Hall–Kier alpha value is -1.68. The molecule has 0 fully saturated rings. The van der Waals surface area contributed by atoms with Crippen molar-refractivity contribution in [3.05, 3.63) is 28.8 Å². The maximum atomic E-state index is 10.3. The summed E-state index contributed by atoms with van der Waals surface area (Å²) < 4.78 is 10.4. The van der Waals surface area contributed by atoms with Crippen LogP contribution < -0.4 is 14.6 Å². The summed E-state index contributed by atoms with van der Waals surface area (Å²) in [6.07, 6.45) is 2.30. The Labute approximate surface area is 104 Å². The standard InChI is InChI=1S/C12H13ClO4/c1-3-17-12-9(13)6-8(4-5-11(14)15)7-10(12)16-2/h4-7H,3H2,1-2H3,(H,14,15)/p-1/b5-4+. The number of benzene rings is 1. The van der Waals surface area contributed by atoms with Gasteiger partial charge >= 0.3 is 0 Å². The number of carboxylic acid groups (broad SMARTS) is 1. The molecular formula is C12H12ClO4-. The molecule has 1 aromatic rings. The molecule has 0 saturated heterocycles. The minimum absolute atomic E-state index is 0.365. The highest BCUT2D eigenvalue weighted by molar-refractivity contribution is 6.32. The first-order valence-electron chi connectivity index (χ1n) is 4.97. The van der Waals surface area contributed by atoms with E-state index in [-0.39, 0.29) is 0 Å². The average Bonchev–Trinajstić information content (AvgIpc) is 2.29. The third-order valence-corrected chi connectivity index (χ3v) is 2.23. The number of methoxy groups -OCH3 is 1. The number of ether oxygens (including phenoxy) is 2. The second kappa shape index (κ2) is 6.15. The van der Waals surface area contributed by atoms with Crippen LogP contribution in [0.4, 0.5) is 0 Å². The fourth-order valence-electron chi connectivity index (χ4n) is 1.28. The number of carbonyl (C=O) groups excluding carboxylic acids is 1. The Bertz CT molecular complexity index is 440. The highest BCUT2D eigenvalue weighted by Crippen LogP contribution is 2.36. The van der Waals surface area contributed by atoms with Gasteiger partial charge in [-0.2, -0.15) is 0 Å². The van der Waals surface area contributed by atoms with E-state index in [1.165, 1.54) is 13.2 Å². The predicted molar refractivity (Wildman–Crippen MR) is 63.2 cm³/mol. The molecule has 17 heavy (non-hydrogen) atoms. The van der Waals surface area contributed by atoms with Gasteiger partial charge in [0.15, 0.2) is 11.5 Å². The minimum atomic E-state index is -1.27. The van der Waals surface area contributed by atoms with Crippen LogP contribution in [0.25, 0.3) is 6.08 Å². The van der Waals surface area contributed by atoms with Gasteiger partial charge in [-0.3, -0.25) is 0 Å². The molecule has 92 valence electrons. The fourth-order valence-corrected chi connectivity index (χ4v) is 1.56. The second-order valence-corrected chi connectivity index (χ2v) is 3.53. The van der Waals surface area contributed by atoms with E-state index in [0.29, 0.717) is 28.7 Å². The Morgan fingerprint density at radius 1 is 1.53 bits per heavy atom. The van der Waals surface area contributed by atoms with Crippen LogP contribution in [0.15, 0.2) is 18.2 Å². The molecule has 0 radical (unpaired) electrons. The second-order valence-electron chi connectivity index (χ2n) is 3.12. The predicted octanol–water partition coefficient (Wildman–Crippen LogP) is 1.51. The van der Waals surface area contributed by atoms with Gasteiger partial charge in [-0.1, -0.05) is 17.7 Å². The molecule has 5 heteroatoms. The highest BCUT2D eigenvalue weighted by atomic mass is 35.5. The summed E-state index contributed by atoms with van der Waals surface area (Å²) in [5.41, 5.74) is 0.597. The molecule has 0 aliphatic carbocycles. The van der Waals surface area contributed by atoms with Crippen LogP contribution in [-0.2, 0) is 4.79 Å². The zero-order chi connectivity index (χ0) is 12.8. The number of halogens is 1. The monoisotopic (exact) mass is 255 g/mol. The Balaban J connectivity index is 3.12. The maximum absolute atomic E-state index is 10.3. The zero-order valence-electron chi connectivity index (χ0n) is 9.53. The maximum Gasteiger partial charge on any atom is 0.179 e. The molecule has 0 heterocycles. The first kappa shape index (κ1) is 13.4. The van der Waals surface area contributed by atoms with E-state index in [9.17, 15) is 9.90 Å². The van der Waals surface area contributed by atoms with Gasteiger partial charge in [0.25, 0.3) is 0 Å². The van der Waals surface area contributed by atoms with Crippen LogP contribution in [-0.4, -0.2) is 19.7 Å². The lowest BCUT2D eigenvalue weighted by molar-refractivity contribution is -0.297. The number of rotatable bonds is 5. The summed E-state index contributed by atoms with van der Waals surface area (Å²) in [4.78, 5) is 10.3. The normalized spacial score (nSPS) is 10.5. The van der Waals surface area contributed by atoms with Crippen LogP contribution in [0, 0.1) is 0 Å². The van der Waals surface area contributed by atoms with Gasteiger partial charge in [0.05, 0.1) is 24.7 Å². The van der Waals surface area contributed by atoms with Crippen molar-refractivity contribution in [3.8, 4) is 11.5 Å².